The lowest BCUT2D eigenvalue weighted by atomic mass is 9.99. The third-order valence-electron chi connectivity index (χ3n) is 7.06. The lowest BCUT2D eigenvalue weighted by Gasteiger charge is -2.30. The fourth-order valence-corrected chi connectivity index (χ4v) is 6.88. The maximum atomic E-state index is 15.1. The minimum Gasteiger partial charge on any atom is -0.476 e. The van der Waals surface area contributed by atoms with Gasteiger partial charge in [-0.3, -0.25) is 23.1 Å². The van der Waals surface area contributed by atoms with E-state index in [4.69, 9.17) is 33.7 Å². The van der Waals surface area contributed by atoms with Crippen LogP contribution in [0.4, 0.5) is 10.3 Å². The molecular formula is C27H34FN6O9P. The average Bonchev–Trinajstić information content (AvgIpc) is 3.20. The molecule has 1 aliphatic heterocycles. The first-order valence-electron chi connectivity index (χ1n) is 13.9. The SMILES string of the molecule is CCOc1nc(N)nc2c1ncn2[C@@H]1O[C@@H]2C(O[P@](=O)(N[C@H](C)C(=O)OC(C)C)Oc3ccccc3)[C@]2(CF)[C@H]1OC(C)=O. The molecule has 0 radical (unpaired) electrons. The molecule has 1 unspecified atom stereocenters. The molecule has 238 valence electrons. The summed E-state index contributed by atoms with van der Waals surface area (Å²) in [6.07, 6.45) is -3.72. The number of aromatic nitrogens is 4. The highest BCUT2D eigenvalue weighted by atomic mass is 31.2. The van der Waals surface area contributed by atoms with Crippen molar-refractivity contribution in [3.8, 4) is 11.6 Å². The largest absolute Gasteiger partial charge is 0.476 e. The van der Waals surface area contributed by atoms with E-state index in [0.29, 0.717) is 0 Å². The lowest BCUT2D eigenvalue weighted by Crippen LogP contribution is -2.39. The van der Waals surface area contributed by atoms with Gasteiger partial charge >= 0.3 is 19.7 Å². The van der Waals surface area contributed by atoms with E-state index in [9.17, 15) is 14.2 Å². The van der Waals surface area contributed by atoms with Crippen LogP contribution in [0, 0.1) is 5.41 Å². The molecule has 1 saturated heterocycles. The number of para-hydroxylation sites is 1. The van der Waals surface area contributed by atoms with Gasteiger partial charge in [0, 0.05) is 6.92 Å². The fourth-order valence-electron chi connectivity index (χ4n) is 5.14. The molecule has 2 aliphatic rings. The van der Waals surface area contributed by atoms with Crippen molar-refractivity contribution in [2.75, 3.05) is 19.0 Å². The summed E-state index contributed by atoms with van der Waals surface area (Å²) >= 11 is 0. The molecule has 17 heteroatoms. The van der Waals surface area contributed by atoms with Crippen LogP contribution in [0.15, 0.2) is 36.7 Å². The zero-order valence-corrected chi connectivity index (χ0v) is 25.6. The first kappa shape index (κ1) is 31.6. The van der Waals surface area contributed by atoms with Crippen molar-refractivity contribution in [2.45, 2.75) is 71.3 Å². The van der Waals surface area contributed by atoms with E-state index in [2.05, 4.69) is 20.0 Å². The van der Waals surface area contributed by atoms with Crippen molar-refractivity contribution in [1.82, 2.24) is 24.6 Å². The van der Waals surface area contributed by atoms with Crippen LogP contribution in [-0.4, -0.2) is 75.2 Å². The van der Waals surface area contributed by atoms with Crippen molar-refractivity contribution in [1.29, 1.82) is 0 Å². The Hall–Kier alpha value is -3.85. The second-order valence-corrected chi connectivity index (χ2v) is 12.3. The van der Waals surface area contributed by atoms with Crippen molar-refractivity contribution < 1.29 is 46.5 Å². The zero-order chi connectivity index (χ0) is 31.8. The Morgan fingerprint density at radius 3 is 2.57 bits per heavy atom. The summed E-state index contributed by atoms with van der Waals surface area (Å²) in [7, 11) is -4.41. The monoisotopic (exact) mass is 636 g/mol. The highest BCUT2D eigenvalue weighted by Crippen LogP contribution is 2.67. The van der Waals surface area contributed by atoms with E-state index in [1.807, 2.05) is 0 Å². The van der Waals surface area contributed by atoms with Crippen LogP contribution in [-0.2, 0) is 32.9 Å². The third-order valence-corrected chi connectivity index (χ3v) is 8.72. The predicted molar refractivity (Wildman–Crippen MR) is 152 cm³/mol. The van der Waals surface area contributed by atoms with Gasteiger partial charge in [-0.15, -0.1) is 0 Å². The molecule has 2 aromatic heterocycles. The molecule has 7 atom stereocenters. The molecular weight excluding hydrogens is 602 g/mol. The molecule has 44 heavy (non-hydrogen) atoms. The number of hydrogen-bond donors (Lipinski definition) is 2. The Bertz CT molecular complexity index is 1580. The number of nitrogens with one attached hydrogen (secondary N) is 1. The van der Waals surface area contributed by atoms with Gasteiger partial charge in [-0.2, -0.15) is 15.1 Å². The number of carbonyl (C=O) groups excluding carboxylic acids is 2. The summed E-state index contributed by atoms with van der Waals surface area (Å²) < 4.78 is 64.9. The van der Waals surface area contributed by atoms with Gasteiger partial charge in [0.2, 0.25) is 11.8 Å². The summed E-state index contributed by atoms with van der Waals surface area (Å²) in [4.78, 5) is 37.4. The number of esters is 2. The molecule has 3 heterocycles. The number of carbonyl (C=O) groups is 2. The molecule has 1 aromatic carbocycles. The normalized spacial score (nSPS) is 26.1. The number of nitrogens with zero attached hydrogens (tertiary/aromatic N) is 4. The van der Waals surface area contributed by atoms with Crippen molar-refractivity contribution >= 4 is 36.8 Å². The molecule has 2 fully saturated rings. The van der Waals surface area contributed by atoms with Gasteiger partial charge in [0.25, 0.3) is 0 Å². The molecule has 0 bridgehead atoms. The van der Waals surface area contributed by atoms with E-state index in [-0.39, 0.29) is 35.3 Å². The molecule has 5 rings (SSSR count). The average molecular weight is 637 g/mol. The number of nitrogen functional groups attached to an aromatic ring is 1. The van der Waals surface area contributed by atoms with Gasteiger partial charge in [-0.25, -0.2) is 9.55 Å². The number of hydrogen-bond acceptors (Lipinski definition) is 13. The van der Waals surface area contributed by atoms with Crippen LogP contribution < -0.4 is 20.1 Å². The van der Waals surface area contributed by atoms with E-state index in [1.54, 1.807) is 39.0 Å². The van der Waals surface area contributed by atoms with Crippen molar-refractivity contribution in [3.63, 3.8) is 0 Å². The Morgan fingerprint density at radius 2 is 1.93 bits per heavy atom. The minimum absolute atomic E-state index is 0.105. The minimum atomic E-state index is -4.41. The number of imidazole rings is 1. The van der Waals surface area contributed by atoms with Gasteiger partial charge in [0.05, 0.1) is 24.5 Å². The number of anilines is 1. The van der Waals surface area contributed by atoms with Gasteiger partial charge < -0.3 is 29.2 Å². The second-order valence-electron chi connectivity index (χ2n) is 10.6. The van der Waals surface area contributed by atoms with Crippen LogP contribution in [0.5, 0.6) is 11.6 Å². The molecule has 15 nitrogen and oxygen atoms in total. The Balaban J connectivity index is 1.46. The van der Waals surface area contributed by atoms with E-state index in [0.717, 1.165) is 0 Å². The number of ether oxygens (including phenoxy) is 4. The zero-order valence-electron chi connectivity index (χ0n) is 24.7. The standard InChI is InChI=1S/C27H34FN6O9P/c1-6-38-23-18-22(31-26(29)32-23)34(13-30-18)24-21(40-16(5)35)27(12-28)19(41-24)20(27)43-44(37,42-17-10-8-7-9-11-17)33-15(4)25(36)39-14(2)3/h7-11,13-15,19-21,24H,6,12H2,1-5H3,(H,33,37)(H2,29,31,32)/t15-,19-,20?,21+,24-,27-,44+/m1/s1. The van der Waals surface area contributed by atoms with E-state index >= 15 is 4.39 Å². The first-order chi connectivity index (χ1) is 20.9. The van der Waals surface area contributed by atoms with E-state index < -0.39 is 68.5 Å². The maximum absolute atomic E-state index is 15.1. The van der Waals surface area contributed by atoms with Crippen LogP contribution in [0.1, 0.15) is 40.8 Å². The first-order valence-corrected chi connectivity index (χ1v) is 15.5. The highest BCUT2D eigenvalue weighted by molar-refractivity contribution is 7.52. The highest BCUT2D eigenvalue weighted by Gasteiger charge is 2.81. The van der Waals surface area contributed by atoms with Crippen molar-refractivity contribution in [3.05, 3.63) is 36.7 Å². The molecule has 1 saturated carbocycles. The third kappa shape index (κ3) is 5.94. The molecule has 0 spiro atoms. The van der Waals surface area contributed by atoms with Crippen LogP contribution in [0.2, 0.25) is 0 Å². The number of rotatable bonds is 13. The molecule has 1 aliphatic carbocycles. The Kier molecular flexibility index (Phi) is 8.80. The summed E-state index contributed by atoms with van der Waals surface area (Å²) in [6, 6.07) is 6.97. The topological polar surface area (TPSA) is 188 Å². The molecule has 0 amide bonds. The number of fused-ring (bicyclic) bond motifs is 2. The fraction of sp³-hybridized carbons (Fsp3) is 0.519. The number of benzene rings is 1. The summed E-state index contributed by atoms with van der Waals surface area (Å²) in [6.45, 7) is 6.90. The van der Waals surface area contributed by atoms with Crippen LogP contribution >= 0.6 is 7.75 Å². The Morgan fingerprint density at radius 1 is 1.20 bits per heavy atom. The number of halogens is 1. The lowest BCUT2D eigenvalue weighted by molar-refractivity contribution is -0.161. The van der Waals surface area contributed by atoms with Gasteiger partial charge in [-0.05, 0) is 39.8 Å². The second kappa shape index (κ2) is 12.3. The number of alkyl halides is 1. The predicted octanol–water partition coefficient (Wildman–Crippen LogP) is 3.11. The smallest absolute Gasteiger partial charge is 0.459 e. The van der Waals surface area contributed by atoms with Crippen LogP contribution in [0.3, 0.4) is 0 Å². The Labute approximate surface area is 252 Å². The van der Waals surface area contributed by atoms with Crippen molar-refractivity contribution in [2.24, 2.45) is 5.41 Å². The van der Waals surface area contributed by atoms with E-state index in [1.165, 1.54) is 36.9 Å². The maximum Gasteiger partial charge on any atom is 0.459 e. The van der Waals surface area contributed by atoms with Crippen LogP contribution in [0.25, 0.3) is 11.2 Å². The van der Waals surface area contributed by atoms with Gasteiger partial charge in [0.1, 0.15) is 30.7 Å². The summed E-state index contributed by atoms with van der Waals surface area (Å²) in [5, 5.41) is 2.58. The van der Waals surface area contributed by atoms with Gasteiger partial charge in [0.15, 0.2) is 23.5 Å². The summed E-state index contributed by atoms with van der Waals surface area (Å²) in [5.74, 6) is -1.23. The summed E-state index contributed by atoms with van der Waals surface area (Å²) in [5.41, 5.74) is 4.77. The molecule has 3 aromatic rings. The molecule has 3 N–H and O–H groups in total. The van der Waals surface area contributed by atoms with Gasteiger partial charge in [-0.1, -0.05) is 18.2 Å². The quantitative estimate of drug-likeness (QED) is 0.206. The number of nitrogens with two attached hydrogens (primary N) is 1.